The Morgan fingerprint density at radius 2 is 2.08 bits per heavy atom. The van der Waals surface area contributed by atoms with Crippen LogP contribution in [0.15, 0.2) is 12.2 Å². The summed E-state index contributed by atoms with van der Waals surface area (Å²) in [7, 11) is 0. The number of carboxylic acids is 2. The number of hydrogen-bond donors (Lipinski definition) is 1. The molecule has 4 nitrogen and oxygen atoms in total. The van der Waals surface area contributed by atoms with Gasteiger partial charge >= 0.3 is 57.4 Å². The molecule has 0 amide bonds. The molecule has 0 fully saturated rings. The molecule has 0 aliphatic heterocycles. The van der Waals surface area contributed by atoms with E-state index in [0.29, 0.717) is 12.8 Å². The van der Waals surface area contributed by atoms with E-state index in [2.05, 4.69) is 0 Å². The predicted octanol–water partition coefficient (Wildman–Crippen LogP) is -3.59. The van der Waals surface area contributed by atoms with E-state index in [4.69, 9.17) is 5.11 Å². The van der Waals surface area contributed by atoms with Crippen LogP contribution in [0, 0.1) is 11.8 Å². The van der Waals surface area contributed by atoms with E-state index in [9.17, 15) is 14.7 Å². The van der Waals surface area contributed by atoms with Gasteiger partial charge in [0.25, 0.3) is 0 Å². The quantitative estimate of drug-likeness (QED) is 0.376. The van der Waals surface area contributed by atoms with Crippen LogP contribution in [-0.4, -0.2) is 17.0 Å². The van der Waals surface area contributed by atoms with Gasteiger partial charge < -0.3 is 15.0 Å². The van der Waals surface area contributed by atoms with Crippen LogP contribution in [0.3, 0.4) is 0 Å². The van der Waals surface area contributed by atoms with Gasteiger partial charge in [0.15, 0.2) is 0 Å². The summed E-state index contributed by atoms with van der Waals surface area (Å²) >= 11 is 0. The van der Waals surface area contributed by atoms with Gasteiger partial charge in [-0.15, -0.1) is 0 Å². The molecule has 1 aliphatic carbocycles. The fraction of sp³-hybridized carbons (Fsp3) is 0.500. The van der Waals surface area contributed by atoms with Crippen molar-refractivity contribution in [1.29, 1.82) is 0 Å². The van der Waals surface area contributed by atoms with E-state index in [1.165, 1.54) is 6.08 Å². The molecule has 1 N–H and O–H groups in total. The topological polar surface area (TPSA) is 77.4 Å². The maximum absolute atomic E-state index is 10.5. The van der Waals surface area contributed by atoms with Gasteiger partial charge in [-0.3, -0.25) is 4.79 Å². The van der Waals surface area contributed by atoms with Crippen LogP contribution in [0.25, 0.3) is 0 Å². The zero-order valence-electron chi connectivity index (χ0n) is 7.40. The Bertz CT molecular complexity index is 236. The Labute approximate surface area is 118 Å². The first-order valence-electron chi connectivity index (χ1n) is 3.73. The number of carbonyl (C=O) groups is 2. The number of carbonyl (C=O) groups excluding carboxylic acids is 1. The minimum absolute atomic E-state index is 0. The number of allylic oxidation sites excluding steroid dienone is 1. The van der Waals surface area contributed by atoms with Gasteiger partial charge in [-0.25, -0.2) is 0 Å². The van der Waals surface area contributed by atoms with Gasteiger partial charge in [0, 0.05) is 11.9 Å². The molecule has 0 heterocycles. The molecule has 0 saturated heterocycles. The summed E-state index contributed by atoms with van der Waals surface area (Å²) in [6.45, 7) is 0. The second kappa shape index (κ2) is 5.92. The van der Waals surface area contributed by atoms with E-state index >= 15 is 0 Å². The number of hydrogen-bond acceptors (Lipinski definition) is 3. The molecule has 2 unspecified atom stereocenters. The zero-order chi connectivity index (χ0) is 9.14. The molecule has 0 radical (unpaired) electrons. The van der Waals surface area contributed by atoms with E-state index in [0.717, 1.165) is 0 Å². The number of rotatable bonds is 2. The molecule has 0 spiro atoms. The normalized spacial score (nSPS) is 26.2. The van der Waals surface area contributed by atoms with Crippen LogP contribution in [0.1, 0.15) is 12.8 Å². The van der Waals surface area contributed by atoms with E-state index < -0.39 is 23.8 Å². The maximum atomic E-state index is 10.5. The van der Waals surface area contributed by atoms with E-state index in [1.54, 1.807) is 6.08 Å². The third-order valence-corrected chi connectivity index (χ3v) is 2.01. The molecule has 2 atom stereocenters. The van der Waals surface area contributed by atoms with Crippen LogP contribution in [0.4, 0.5) is 0 Å². The average molecular weight is 208 g/mol. The van der Waals surface area contributed by atoms with Crippen molar-refractivity contribution in [2.45, 2.75) is 12.8 Å². The van der Waals surface area contributed by atoms with Crippen molar-refractivity contribution in [2.24, 2.45) is 11.8 Å². The van der Waals surface area contributed by atoms with Gasteiger partial charge in [0.2, 0.25) is 0 Å². The van der Waals surface area contributed by atoms with Crippen molar-refractivity contribution < 1.29 is 71.2 Å². The Morgan fingerprint density at radius 1 is 1.46 bits per heavy atom. The molecule has 0 saturated carbocycles. The summed E-state index contributed by atoms with van der Waals surface area (Å²) in [5.74, 6) is -4.15. The number of carboxylic acid groups (broad SMARTS) is 2. The summed E-state index contributed by atoms with van der Waals surface area (Å²) < 4.78 is 0. The van der Waals surface area contributed by atoms with Gasteiger partial charge in [-0.05, 0) is 12.8 Å². The van der Waals surface area contributed by atoms with Gasteiger partial charge in [-0.1, -0.05) is 12.2 Å². The second-order valence-electron chi connectivity index (χ2n) is 2.80. The first-order valence-corrected chi connectivity index (χ1v) is 3.73. The molecule has 0 aromatic carbocycles. The Morgan fingerprint density at radius 3 is 2.46 bits per heavy atom. The van der Waals surface area contributed by atoms with Crippen LogP contribution >= 0.6 is 0 Å². The standard InChI is InChI=1S/C8H10O4.K/c9-7(10)5-3-1-2-4-6(5)8(11)12;/h1,3,5-6H,2,4H2,(H,9,10)(H,11,12);/q;+1/p-1. The molecule has 66 valence electrons. The summed E-state index contributed by atoms with van der Waals surface area (Å²) in [6, 6.07) is 0. The molecule has 1 rings (SSSR count). The van der Waals surface area contributed by atoms with Crippen LogP contribution in [0.2, 0.25) is 0 Å². The van der Waals surface area contributed by atoms with Crippen LogP contribution in [-0.2, 0) is 9.59 Å². The Balaban J connectivity index is 0.00000144. The maximum Gasteiger partial charge on any atom is 1.00 e. The summed E-state index contributed by atoms with van der Waals surface area (Å²) in [6.07, 6.45) is 4.09. The molecule has 13 heavy (non-hydrogen) atoms. The van der Waals surface area contributed by atoms with Crippen molar-refractivity contribution in [3.63, 3.8) is 0 Å². The molecule has 0 aromatic heterocycles. The zero-order valence-corrected chi connectivity index (χ0v) is 10.5. The summed E-state index contributed by atoms with van der Waals surface area (Å²) in [5.41, 5.74) is 0. The third kappa shape index (κ3) is 3.51. The average Bonchev–Trinajstić information content (AvgIpc) is 2.04. The molecule has 0 aromatic rings. The first kappa shape index (κ1) is 13.3. The Kier molecular flexibility index (Phi) is 6.07. The summed E-state index contributed by atoms with van der Waals surface area (Å²) in [4.78, 5) is 21.0. The fourth-order valence-corrected chi connectivity index (χ4v) is 1.35. The monoisotopic (exact) mass is 208 g/mol. The first-order chi connectivity index (χ1) is 5.63. The van der Waals surface area contributed by atoms with E-state index in [1.807, 2.05) is 0 Å². The fourth-order valence-electron chi connectivity index (χ4n) is 1.35. The van der Waals surface area contributed by atoms with E-state index in [-0.39, 0.29) is 51.4 Å². The van der Waals surface area contributed by atoms with Crippen LogP contribution in [0.5, 0.6) is 0 Å². The third-order valence-electron chi connectivity index (χ3n) is 2.01. The van der Waals surface area contributed by atoms with Gasteiger partial charge in [0.05, 0.1) is 5.92 Å². The molecular weight excluding hydrogens is 199 g/mol. The SMILES string of the molecule is O=C([O-])C1C=CCCC1C(=O)O.[K+]. The van der Waals surface area contributed by atoms with Crippen molar-refractivity contribution in [3.8, 4) is 0 Å². The predicted molar refractivity (Wildman–Crippen MR) is 38.0 cm³/mol. The smallest absolute Gasteiger partial charge is 0.549 e. The molecule has 5 heteroatoms. The minimum atomic E-state index is -1.31. The van der Waals surface area contributed by atoms with Gasteiger partial charge in [0.1, 0.15) is 0 Å². The van der Waals surface area contributed by atoms with Crippen molar-refractivity contribution in [3.05, 3.63) is 12.2 Å². The summed E-state index contributed by atoms with van der Waals surface area (Å²) in [5, 5.41) is 19.1. The molecule has 1 aliphatic rings. The molecule has 0 bridgehead atoms. The van der Waals surface area contributed by atoms with Crippen LogP contribution < -0.4 is 56.5 Å². The van der Waals surface area contributed by atoms with Crippen molar-refractivity contribution >= 4 is 11.9 Å². The van der Waals surface area contributed by atoms with Crippen molar-refractivity contribution in [1.82, 2.24) is 0 Å². The Hall–Kier alpha value is 0.316. The largest absolute Gasteiger partial charge is 1.00 e. The van der Waals surface area contributed by atoms with Gasteiger partial charge in [-0.2, -0.15) is 0 Å². The minimum Gasteiger partial charge on any atom is -0.549 e. The van der Waals surface area contributed by atoms with Crippen molar-refractivity contribution in [2.75, 3.05) is 0 Å². The molecular formula is C8H9KO4. The number of aliphatic carboxylic acids is 2. The second-order valence-corrected chi connectivity index (χ2v) is 2.80.